The molecule has 5 rings (SSSR count). The van der Waals surface area contributed by atoms with Gasteiger partial charge in [0, 0.05) is 39.0 Å². The second kappa shape index (κ2) is 7.65. The lowest BCUT2D eigenvalue weighted by Gasteiger charge is -2.44. The van der Waals surface area contributed by atoms with Crippen LogP contribution in [0.5, 0.6) is 0 Å². The fourth-order valence-corrected chi connectivity index (χ4v) is 4.97. The second-order valence-electron chi connectivity index (χ2n) is 8.86. The highest BCUT2D eigenvalue weighted by Gasteiger charge is 2.38. The third-order valence-corrected chi connectivity index (χ3v) is 6.82. The van der Waals surface area contributed by atoms with Gasteiger partial charge >= 0.3 is 0 Å². The molecule has 1 aliphatic carbocycles. The maximum Gasteiger partial charge on any atom is 0.252 e. The highest BCUT2D eigenvalue weighted by atomic mass is 19.3. The Labute approximate surface area is 174 Å². The number of halogens is 2. The molecule has 2 saturated heterocycles. The van der Waals surface area contributed by atoms with Gasteiger partial charge < -0.3 is 15.4 Å². The van der Waals surface area contributed by atoms with Crippen LogP contribution in [0.15, 0.2) is 6.20 Å². The van der Waals surface area contributed by atoms with Gasteiger partial charge in [-0.3, -0.25) is 4.90 Å². The molecule has 0 spiro atoms. The first-order valence-electron chi connectivity index (χ1n) is 10.8. The SMILES string of the molecule is Cc1nn2cc(C(N)C3CCC(F)(F)CC3)nc2nc1N1CCN2CCOC[C@@H]2C1. The summed E-state index contributed by atoms with van der Waals surface area (Å²) in [5.74, 6) is -1.20. The van der Waals surface area contributed by atoms with Crippen LogP contribution in [0.25, 0.3) is 5.78 Å². The molecule has 3 aliphatic rings. The van der Waals surface area contributed by atoms with E-state index in [1.807, 2.05) is 6.92 Å². The van der Waals surface area contributed by atoms with Gasteiger partial charge in [-0.25, -0.2) is 18.3 Å². The van der Waals surface area contributed by atoms with Crippen molar-refractivity contribution in [3.63, 3.8) is 0 Å². The van der Waals surface area contributed by atoms with Crippen LogP contribution >= 0.6 is 0 Å². The molecule has 4 heterocycles. The molecule has 10 heteroatoms. The molecule has 3 fully saturated rings. The molecule has 0 radical (unpaired) electrons. The standard InChI is InChI=1S/C20H29F2N7O/c1-13-18(28-7-6-27-8-9-30-12-15(27)10-28)25-19-24-16(11-29(19)26-13)17(23)14-2-4-20(21,22)5-3-14/h11,14-15,17H,2-10,12,23H2,1H3/t15-,17?/m0/s1. The third kappa shape index (κ3) is 3.76. The van der Waals surface area contributed by atoms with Crippen molar-refractivity contribution in [2.24, 2.45) is 11.7 Å². The number of rotatable bonds is 3. The summed E-state index contributed by atoms with van der Waals surface area (Å²) in [5.41, 5.74) is 7.92. The molecule has 2 atom stereocenters. The largest absolute Gasteiger partial charge is 0.378 e. The average molecular weight is 421 g/mol. The lowest BCUT2D eigenvalue weighted by Crippen LogP contribution is -2.58. The zero-order valence-electron chi connectivity index (χ0n) is 17.3. The van der Waals surface area contributed by atoms with E-state index in [1.54, 1.807) is 10.7 Å². The Bertz CT molecular complexity index is 910. The van der Waals surface area contributed by atoms with E-state index in [1.165, 1.54) is 0 Å². The van der Waals surface area contributed by atoms with E-state index < -0.39 is 5.92 Å². The number of piperazine rings is 1. The summed E-state index contributed by atoms with van der Waals surface area (Å²) in [7, 11) is 0. The number of aromatic nitrogens is 4. The predicted molar refractivity (Wildman–Crippen MR) is 108 cm³/mol. The van der Waals surface area contributed by atoms with Gasteiger partial charge in [0.2, 0.25) is 5.92 Å². The molecule has 1 saturated carbocycles. The van der Waals surface area contributed by atoms with Crippen molar-refractivity contribution in [2.45, 2.75) is 50.6 Å². The smallest absolute Gasteiger partial charge is 0.252 e. The number of ether oxygens (including phenoxy) is 1. The third-order valence-electron chi connectivity index (χ3n) is 6.82. The van der Waals surface area contributed by atoms with Crippen LogP contribution < -0.4 is 10.6 Å². The number of imidazole rings is 1. The van der Waals surface area contributed by atoms with Crippen molar-refractivity contribution in [1.29, 1.82) is 0 Å². The molecule has 30 heavy (non-hydrogen) atoms. The van der Waals surface area contributed by atoms with Crippen LogP contribution in [0.1, 0.15) is 43.1 Å². The number of hydrogen-bond donors (Lipinski definition) is 1. The number of nitrogens with two attached hydrogens (primary N) is 1. The Morgan fingerprint density at radius 3 is 2.80 bits per heavy atom. The fraction of sp³-hybridized carbons (Fsp3) is 0.750. The van der Waals surface area contributed by atoms with Crippen molar-refractivity contribution in [1.82, 2.24) is 24.5 Å². The van der Waals surface area contributed by atoms with Gasteiger partial charge in [-0.1, -0.05) is 0 Å². The van der Waals surface area contributed by atoms with Crippen LogP contribution in [-0.2, 0) is 4.74 Å². The molecule has 2 N–H and O–H groups in total. The van der Waals surface area contributed by atoms with Gasteiger partial charge in [-0.05, 0) is 25.7 Å². The summed E-state index contributed by atoms with van der Waals surface area (Å²) in [6, 6.07) is -0.00521. The number of alkyl halides is 2. The highest BCUT2D eigenvalue weighted by Crippen LogP contribution is 2.40. The summed E-state index contributed by atoms with van der Waals surface area (Å²) in [6.45, 7) is 7.22. The average Bonchev–Trinajstić information content (AvgIpc) is 3.15. The van der Waals surface area contributed by atoms with E-state index in [0.29, 0.717) is 30.4 Å². The maximum atomic E-state index is 13.5. The predicted octanol–water partition coefficient (Wildman–Crippen LogP) is 1.78. The van der Waals surface area contributed by atoms with Crippen LogP contribution in [-0.4, -0.2) is 75.8 Å². The number of anilines is 1. The number of hydrogen-bond acceptors (Lipinski definition) is 7. The maximum absolute atomic E-state index is 13.5. The Hall–Kier alpha value is -1.91. The number of morpholine rings is 1. The van der Waals surface area contributed by atoms with E-state index in [0.717, 1.165) is 50.9 Å². The van der Waals surface area contributed by atoms with Crippen LogP contribution in [0.3, 0.4) is 0 Å². The van der Waals surface area contributed by atoms with Crippen molar-refractivity contribution >= 4 is 11.6 Å². The first-order chi connectivity index (χ1) is 14.4. The van der Waals surface area contributed by atoms with E-state index >= 15 is 0 Å². The molecule has 2 aliphatic heterocycles. The minimum absolute atomic E-state index is 0.00878. The van der Waals surface area contributed by atoms with Gasteiger partial charge in [0.25, 0.3) is 5.78 Å². The number of nitrogens with zero attached hydrogens (tertiary/aromatic N) is 6. The molecule has 8 nitrogen and oxygen atoms in total. The summed E-state index contributed by atoms with van der Waals surface area (Å²) < 4.78 is 34.3. The summed E-state index contributed by atoms with van der Waals surface area (Å²) in [4.78, 5) is 14.1. The Morgan fingerprint density at radius 1 is 1.20 bits per heavy atom. The summed E-state index contributed by atoms with van der Waals surface area (Å²) >= 11 is 0. The Morgan fingerprint density at radius 2 is 2.00 bits per heavy atom. The highest BCUT2D eigenvalue weighted by molar-refractivity contribution is 5.48. The van der Waals surface area contributed by atoms with E-state index in [4.69, 9.17) is 15.5 Å². The van der Waals surface area contributed by atoms with Crippen LogP contribution in [0.2, 0.25) is 0 Å². The zero-order chi connectivity index (χ0) is 20.9. The minimum atomic E-state index is -2.56. The van der Waals surface area contributed by atoms with Crippen LogP contribution in [0.4, 0.5) is 14.6 Å². The second-order valence-corrected chi connectivity index (χ2v) is 8.86. The lowest BCUT2D eigenvalue weighted by molar-refractivity contribution is -0.0484. The van der Waals surface area contributed by atoms with Gasteiger partial charge in [0.15, 0.2) is 5.82 Å². The molecule has 1 unspecified atom stereocenters. The zero-order valence-corrected chi connectivity index (χ0v) is 17.3. The summed E-state index contributed by atoms with van der Waals surface area (Å²) in [5, 5.41) is 4.66. The van der Waals surface area contributed by atoms with Gasteiger partial charge in [-0.15, -0.1) is 0 Å². The lowest BCUT2D eigenvalue weighted by atomic mass is 9.81. The molecule has 0 bridgehead atoms. The van der Waals surface area contributed by atoms with Crippen molar-refractivity contribution in [2.75, 3.05) is 44.3 Å². The Kier molecular flexibility index (Phi) is 5.11. The molecule has 0 amide bonds. The monoisotopic (exact) mass is 421 g/mol. The molecular weight excluding hydrogens is 392 g/mol. The van der Waals surface area contributed by atoms with Crippen LogP contribution in [0, 0.1) is 12.8 Å². The van der Waals surface area contributed by atoms with Crippen molar-refractivity contribution in [3.8, 4) is 0 Å². The van der Waals surface area contributed by atoms with Gasteiger partial charge in [-0.2, -0.15) is 10.1 Å². The molecular formula is C20H29F2N7O. The minimum Gasteiger partial charge on any atom is -0.378 e. The van der Waals surface area contributed by atoms with Crippen molar-refractivity contribution in [3.05, 3.63) is 17.6 Å². The Balaban J connectivity index is 1.35. The first kappa shape index (κ1) is 20.0. The van der Waals surface area contributed by atoms with Crippen molar-refractivity contribution < 1.29 is 13.5 Å². The fourth-order valence-electron chi connectivity index (χ4n) is 4.97. The van der Waals surface area contributed by atoms with Gasteiger partial charge in [0.05, 0.1) is 37.2 Å². The molecule has 0 aromatic carbocycles. The van der Waals surface area contributed by atoms with E-state index in [2.05, 4.69) is 19.9 Å². The number of aryl methyl sites for hydroxylation is 1. The number of fused-ring (bicyclic) bond motifs is 2. The quantitative estimate of drug-likeness (QED) is 0.809. The van der Waals surface area contributed by atoms with Gasteiger partial charge in [0.1, 0.15) is 5.69 Å². The summed E-state index contributed by atoms with van der Waals surface area (Å²) in [6.07, 6.45) is 2.43. The van der Waals surface area contributed by atoms with E-state index in [9.17, 15) is 8.78 Å². The molecule has 164 valence electrons. The molecule has 2 aromatic rings. The molecule has 2 aromatic heterocycles. The topological polar surface area (TPSA) is 84.8 Å². The van der Waals surface area contributed by atoms with E-state index in [-0.39, 0.29) is 24.8 Å². The normalized spacial score (nSPS) is 26.7. The first-order valence-corrected chi connectivity index (χ1v) is 10.8.